The topological polar surface area (TPSA) is 17.1 Å². The van der Waals surface area contributed by atoms with Gasteiger partial charge >= 0.3 is 0 Å². The van der Waals surface area contributed by atoms with Gasteiger partial charge in [-0.15, -0.1) is 0 Å². The van der Waals surface area contributed by atoms with Gasteiger partial charge in [-0.2, -0.15) is 0 Å². The molecular formula is C15H11ClFIO. The molecule has 0 aliphatic heterocycles. The number of aryl methyl sites for hydroxylation is 1. The zero-order chi connectivity index (χ0) is 14.0. The molecule has 0 fully saturated rings. The summed E-state index contributed by atoms with van der Waals surface area (Å²) in [5.41, 5.74) is 1.99. The van der Waals surface area contributed by atoms with Crippen molar-refractivity contribution in [3.05, 3.63) is 67.5 Å². The van der Waals surface area contributed by atoms with Crippen LogP contribution in [0.15, 0.2) is 36.4 Å². The maximum Gasteiger partial charge on any atom is 0.168 e. The Hall–Kier alpha value is -0.940. The van der Waals surface area contributed by atoms with E-state index in [4.69, 9.17) is 11.6 Å². The van der Waals surface area contributed by atoms with E-state index in [0.29, 0.717) is 16.1 Å². The molecule has 1 nitrogen and oxygen atoms in total. The van der Waals surface area contributed by atoms with Crippen molar-refractivity contribution in [2.45, 2.75) is 13.3 Å². The Morgan fingerprint density at radius 2 is 2.05 bits per heavy atom. The molecule has 0 amide bonds. The molecule has 0 atom stereocenters. The molecule has 0 saturated heterocycles. The lowest BCUT2D eigenvalue weighted by Gasteiger charge is -2.07. The molecule has 0 aliphatic carbocycles. The SMILES string of the molecule is Cc1cccc(C(=O)Cc2cc(Cl)ccc2F)c1I. The van der Waals surface area contributed by atoms with Crippen LogP contribution in [-0.4, -0.2) is 5.78 Å². The third-order valence-corrected chi connectivity index (χ3v) is 4.52. The molecule has 0 bridgehead atoms. The Labute approximate surface area is 129 Å². The van der Waals surface area contributed by atoms with E-state index in [2.05, 4.69) is 22.6 Å². The molecule has 0 unspecified atom stereocenters. The molecule has 2 rings (SSSR count). The van der Waals surface area contributed by atoms with Gasteiger partial charge in [0, 0.05) is 20.6 Å². The van der Waals surface area contributed by atoms with Crippen LogP contribution in [0.4, 0.5) is 4.39 Å². The molecular weight excluding hydrogens is 378 g/mol. The third kappa shape index (κ3) is 3.34. The molecule has 0 aliphatic rings. The first-order valence-electron chi connectivity index (χ1n) is 5.71. The first-order valence-corrected chi connectivity index (χ1v) is 7.17. The highest BCUT2D eigenvalue weighted by Gasteiger charge is 2.14. The Morgan fingerprint density at radius 1 is 1.32 bits per heavy atom. The van der Waals surface area contributed by atoms with Gasteiger partial charge in [0.2, 0.25) is 0 Å². The molecule has 0 radical (unpaired) electrons. The normalized spacial score (nSPS) is 10.5. The standard InChI is InChI=1S/C15H11ClFIO/c1-9-3-2-4-12(15(9)18)14(19)8-10-7-11(16)5-6-13(10)17/h2-7H,8H2,1H3. The second kappa shape index (κ2) is 6.01. The fourth-order valence-electron chi connectivity index (χ4n) is 1.81. The summed E-state index contributed by atoms with van der Waals surface area (Å²) in [4.78, 5) is 12.2. The van der Waals surface area contributed by atoms with Crippen LogP contribution in [-0.2, 0) is 6.42 Å². The van der Waals surface area contributed by atoms with Crippen LogP contribution in [0.1, 0.15) is 21.5 Å². The Bertz CT molecular complexity index is 640. The average Bonchev–Trinajstić information content (AvgIpc) is 2.37. The van der Waals surface area contributed by atoms with Crippen LogP contribution < -0.4 is 0 Å². The molecule has 4 heteroatoms. The summed E-state index contributed by atoms with van der Waals surface area (Å²) in [6, 6.07) is 9.79. The van der Waals surface area contributed by atoms with E-state index in [0.717, 1.165) is 9.13 Å². The number of carbonyl (C=O) groups excluding carboxylic acids is 1. The van der Waals surface area contributed by atoms with Crippen LogP contribution in [0.25, 0.3) is 0 Å². The molecule has 0 N–H and O–H groups in total. The van der Waals surface area contributed by atoms with Crippen molar-refractivity contribution in [1.29, 1.82) is 0 Å². The van der Waals surface area contributed by atoms with E-state index in [1.807, 2.05) is 19.1 Å². The zero-order valence-electron chi connectivity index (χ0n) is 10.2. The van der Waals surface area contributed by atoms with Gasteiger partial charge in [-0.25, -0.2) is 4.39 Å². The number of rotatable bonds is 3. The summed E-state index contributed by atoms with van der Waals surface area (Å²) in [7, 11) is 0. The summed E-state index contributed by atoms with van der Waals surface area (Å²) in [5, 5.41) is 0.433. The van der Waals surface area contributed by atoms with Crippen LogP contribution in [0.2, 0.25) is 5.02 Å². The van der Waals surface area contributed by atoms with E-state index in [9.17, 15) is 9.18 Å². The number of Topliss-reactive ketones (excluding diaryl/α,β-unsaturated/α-hetero) is 1. The first-order chi connectivity index (χ1) is 8.99. The van der Waals surface area contributed by atoms with Gasteiger partial charge < -0.3 is 0 Å². The van der Waals surface area contributed by atoms with Crippen molar-refractivity contribution in [3.8, 4) is 0 Å². The summed E-state index contributed by atoms with van der Waals surface area (Å²) < 4.78 is 14.5. The highest BCUT2D eigenvalue weighted by Crippen LogP contribution is 2.21. The molecule has 19 heavy (non-hydrogen) atoms. The summed E-state index contributed by atoms with van der Waals surface area (Å²) in [6.45, 7) is 1.94. The number of benzene rings is 2. The van der Waals surface area contributed by atoms with Crippen LogP contribution in [0.3, 0.4) is 0 Å². The zero-order valence-corrected chi connectivity index (χ0v) is 13.1. The lowest BCUT2D eigenvalue weighted by Crippen LogP contribution is -2.08. The van der Waals surface area contributed by atoms with Crippen LogP contribution >= 0.6 is 34.2 Å². The van der Waals surface area contributed by atoms with Gasteiger partial charge in [-0.1, -0.05) is 29.8 Å². The second-order valence-electron chi connectivity index (χ2n) is 4.27. The predicted molar refractivity (Wildman–Crippen MR) is 83.3 cm³/mol. The lowest BCUT2D eigenvalue weighted by molar-refractivity contribution is 0.0991. The Kier molecular flexibility index (Phi) is 4.58. The van der Waals surface area contributed by atoms with Crippen molar-refractivity contribution in [1.82, 2.24) is 0 Å². The first kappa shape index (κ1) is 14.5. The van der Waals surface area contributed by atoms with Gasteiger partial charge in [-0.05, 0) is 58.8 Å². The van der Waals surface area contributed by atoms with Gasteiger partial charge in [0.1, 0.15) is 5.82 Å². The fourth-order valence-corrected chi connectivity index (χ4v) is 2.66. The molecule has 2 aromatic rings. The quantitative estimate of drug-likeness (QED) is 0.544. The predicted octanol–water partition coefficient (Wildman–Crippen LogP) is 4.82. The number of hydrogen-bond donors (Lipinski definition) is 0. The van der Waals surface area contributed by atoms with E-state index >= 15 is 0 Å². The van der Waals surface area contributed by atoms with Gasteiger partial charge in [0.25, 0.3) is 0 Å². The smallest absolute Gasteiger partial charge is 0.168 e. The average molecular weight is 389 g/mol. The van der Waals surface area contributed by atoms with Crippen molar-refractivity contribution in [3.63, 3.8) is 0 Å². The van der Waals surface area contributed by atoms with Crippen molar-refractivity contribution >= 4 is 40.0 Å². The largest absolute Gasteiger partial charge is 0.294 e. The van der Waals surface area contributed by atoms with Gasteiger partial charge in [0.05, 0.1) is 0 Å². The minimum atomic E-state index is -0.402. The van der Waals surface area contributed by atoms with E-state index in [1.165, 1.54) is 18.2 Å². The molecule has 0 spiro atoms. The monoisotopic (exact) mass is 388 g/mol. The number of ketones is 1. The highest BCUT2D eigenvalue weighted by atomic mass is 127. The van der Waals surface area contributed by atoms with Crippen LogP contribution in [0.5, 0.6) is 0 Å². The fraction of sp³-hybridized carbons (Fsp3) is 0.133. The minimum absolute atomic E-state index is 0.0197. The summed E-state index contributed by atoms with van der Waals surface area (Å²) >= 11 is 7.96. The number of carbonyl (C=O) groups is 1. The van der Waals surface area contributed by atoms with Crippen molar-refractivity contribution < 1.29 is 9.18 Å². The van der Waals surface area contributed by atoms with Crippen molar-refractivity contribution in [2.24, 2.45) is 0 Å². The van der Waals surface area contributed by atoms with Gasteiger partial charge in [-0.3, -0.25) is 4.79 Å². The van der Waals surface area contributed by atoms with E-state index < -0.39 is 5.82 Å². The van der Waals surface area contributed by atoms with E-state index in [1.54, 1.807) is 6.07 Å². The molecule has 0 saturated carbocycles. The Morgan fingerprint density at radius 3 is 2.79 bits per heavy atom. The molecule has 98 valence electrons. The molecule has 0 heterocycles. The maximum absolute atomic E-state index is 13.6. The number of hydrogen-bond acceptors (Lipinski definition) is 1. The second-order valence-corrected chi connectivity index (χ2v) is 5.79. The third-order valence-electron chi connectivity index (χ3n) is 2.85. The summed E-state index contributed by atoms with van der Waals surface area (Å²) in [5.74, 6) is -0.505. The lowest BCUT2D eigenvalue weighted by atomic mass is 10.0. The number of halogens is 3. The summed E-state index contributed by atoms with van der Waals surface area (Å²) in [6.07, 6.45) is 0.0197. The highest BCUT2D eigenvalue weighted by molar-refractivity contribution is 14.1. The van der Waals surface area contributed by atoms with Gasteiger partial charge in [0.15, 0.2) is 5.78 Å². The molecule has 2 aromatic carbocycles. The minimum Gasteiger partial charge on any atom is -0.294 e. The van der Waals surface area contributed by atoms with Crippen LogP contribution in [0, 0.1) is 16.3 Å². The Balaban J connectivity index is 2.31. The maximum atomic E-state index is 13.6. The molecule has 0 aromatic heterocycles. The van der Waals surface area contributed by atoms with E-state index in [-0.39, 0.29) is 12.2 Å². The van der Waals surface area contributed by atoms with Crippen molar-refractivity contribution in [2.75, 3.05) is 0 Å².